The molecule has 0 aliphatic heterocycles. The zero-order chi connectivity index (χ0) is 11.3. The van der Waals surface area contributed by atoms with Crippen LogP contribution in [0, 0.1) is 0 Å². The van der Waals surface area contributed by atoms with Gasteiger partial charge in [-0.15, -0.1) is 0 Å². The highest BCUT2D eigenvalue weighted by atomic mass is 35.5. The maximum atomic E-state index is 5.85. The molecule has 0 fully saturated rings. The van der Waals surface area contributed by atoms with E-state index >= 15 is 0 Å². The number of benzene rings is 1. The Morgan fingerprint density at radius 3 is 2.67 bits per heavy atom. The Morgan fingerprint density at radius 1 is 1.33 bits per heavy atom. The van der Waals surface area contributed by atoms with Gasteiger partial charge in [-0.25, -0.2) is 0 Å². The first-order chi connectivity index (χ1) is 7.13. The van der Waals surface area contributed by atoms with Crippen molar-refractivity contribution < 1.29 is 4.74 Å². The van der Waals surface area contributed by atoms with E-state index in [9.17, 15) is 0 Å². The molecule has 84 valence electrons. The quantitative estimate of drug-likeness (QED) is 0.865. The number of ether oxygens (including phenoxy) is 1. The molecule has 4 heteroatoms. The Bertz CT molecular complexity index is 317. The fraction of sp³-hybridized carbons (Fsp3) is 0.455. The minimum absolute atomic E-state index is 0.202. The normalized spacial score (nSPS) is 12.5. The summed E-state index contributed by atoms with van der Waals surface area (Å²) in [6.45, 7) is 2.66. The summed E-state index contributed by atoms with van der Waals surface area (Å²) in [6.07, 6.45) is 1.81. The molecule has 2 N–H and O–H groups in total. The molecule has 15 heavy (non-hydrogen) atoms. The average molecular weight is 248 g/mol. The van der Waals surface area contributed by atoms with Gasteiger partial charge in [0.05, 0.1) is 16.7 Å². The van der Waals surface area contributed by atoms with Gasteiger partial charge in [0.15, 0.2) is 0 Å². The van der Waals surface area contributed by atoms with Crippen molar-refractivity contribution >= 4 is 23.2 Å². The zero-order valence-electron chi connectivity index (χ0n) is 8.67. The molecule has 0 aliphatic rings. The first-order valence-corrected chi connectivity index (χ1v) is 5.72. The largest absolute Gasteiger partial charge is 0.493 e. The van der Waals surface area contributed by atoms with Crippen molar-refractivity contribution in [1.29, 1.82) is 0 Å². The Labute approximate surface area is 100 Å². The highest BCUT2D eigenvalue weighted by Gasteiger charge is 2.02. The van der Waals surface area contributed by atoms with Crippen LogP contribution in [0.2, 0.25) is 10.0 Å². The molecule has 0 aliphatic carbocycles. The molecular formula is C11H15Cl2NO. The number of rotatable bonds is 5. The summed E-state index contributed by atoms with van der Waals surface area (Å²) in [5.41, 5.74) is 5.76. The highest BCUT2D eigenvalue weighted by molar-refractivity contribution is 6.42. The van der Waals surface area contributed by atoms with E-state index < -0.39 is 0 Å². The Morgan fingerprint density at radius 2 is 2.07 bits per heavy atom. The van der Waals surface area contributed by atoms with Crippen molar-refractivity contribution in [3.8, 4) is 5.75 Å². The predicted molar refractivity (Wildman–Crippen MR) is 64.8 cm³/mol. The van der Waals surface area contributed by atoms with Crippen molar-refractivity contribution in [2.45, 2.75) is 25.8 Å². The van der Waals surface area contributed by atoms with E-state index in [1.54, 1.807) is 18.2 Å². The summed E-state index contributed by atoms with van der Waals surface area (Å²) in [6, 6.07) is 5.43. The van der Waals surface area contributed by atoms with Gasteiger partial charge >= 0.3 is 0 Å². The van der Waals surface area contributed by atoms with Gasteiger partial charge in [-0.05, 0) is 25.0 Å². The molecule has 0 radical (unpaired) electrons. The third kappa shape index (κ3) is 4.29. The fourth-order valence-electron chi connectivity index (χ4n) is 1.10. The fourth-order valence-corrected chi connectivity index (χ4v) is 1.39. The van der Waals surface area contributed by atoms with Crippen molar-refractivity contribution in [2.24, 2.45) is 5.73 Å². The molecule has 1 rings (SSSR count). The van der Waals surface area contributed by atoms with Crippen LogP contribution in [0.15, 0.2) is 18.2 Å². The smallest absolute Gasteiger partial charge is 0.120 e. The number of hydrogen-bond donors (Lipinski definition) is 1. The van der Waals surface area contributed by atoms with Crippen molar-refractivity contribution in [1.82, 2.24) is 0 Å². The maximum Gasteiger partial charge on any atom is 0.120 e. The van der Waals surface area contributed by atoms with Crippen LogP contribution in [0.25, 0.3) is 0 Å². The van der Waals surface area contributed by atoms with Crippen molar-refractivity contribution in [3.63, 3.8) is 0 Å². The molecule has 0 saturated heterocycles. The molecule has 0 spiro atoms. The molecule has 0 saturated carbocycles. The molecule has 1 atom stereocenters. The van der Waals surface area contributed by atoms with Gasteiger partial charge in [0.2, 0.25) is 0 Å². The monoisotopic (exact) mass is 247 g/mol. The van der Waals surface area contributed by atoms with E-state index in [0.29, 0.717) is 16.7 Å². The lowest BCUT2D eigenvalue weighted by atomic mass is 10.2. The predicted octanol–water partition coefficient (Wildman–Crippen LogP) is 3.50. The van der Waals surface area contributed by atoms with E-state index in [2.05, 4.69) is 6.92 Å². The third-order valence-electron chi connectivity index (χ3n) is 2.17. The van der Waals surface area contributed by atoms with Gasteiger partial charge in [-0.1, -0.05) is 30.1 Å². The van der Waals surface area contributed by atoms with E-state index in [-0.39, 0.29) is 6.04 Å². The standard InChI is InChI=1S/C11H15Cl2NO/c1-2-8(14)5-6-15-9-3-4-10(12)11(13)7-9/h3-4,7-8H,2,5-6,14H2,1H3. The minimum atomic E-state index is 0.202. The first kappa shape index (κ1) is 12.6. The van der Waals surface area contributed by atoms with E-state index in [1.165, 1.54) is 0 Å². The lowest BCUT2D eigenvalue weighted by Gasteiger charge is -2.10. The second-order valence-corrected chi connectivity index (χ2v) is 4.20. The molecule has 1 aromatic rings. The number of nitrogens with two attached hydrogens (primary N) is 1. The van der Waals surface area contributed by atoms with Gasteiger partial charge < -0.3 is 10.5 Å². The molecule has 0 aromatic heterocycles. The van der Waals surface area contributed by atoms with Gasteiger partial charge in [0.25, 0.3) is 0 Å². The van der Waals surface area contributed by atoms with Crippen LogP contribution in [-0.4, -0.2) is 12.6 Å². The minimum Gasteiger partial charge on any atom is -0.493 e. The summed E-state index contributed by atoms with van der Waals surface area (Å²) in [5.74, 6) is 0.729. The van der Waals surface area contributed by atoms with Gasteiger partial charge in [0.1, 0.15) is 5.75 Å². The first-order valence-electron chi connectivity index (χ1n) is 4.97. The van der Waals surface area contributed by atoms with Gasteiger partial charge in [-0.3, -0.25) is 0 Å². The summed E-state index contributed by atoms with van der Waals surface area (Å²) in [4.78, 5) is 0. The maximum absolute atomic E-state index is 5.85. The van der Waals surface area contributed by atoms with E-state index in [0.717, 1.165) is 18.6 Å². The Hall–Kier alpha value is -0.440. The molecule has 1 aromatic carbocycles. The molecule has 0 bridgehead atoms. The Kier molecular flexibility index (Phi) is 5.23. The SMILES string of the molecule is CCC(N)CCOc1ccc(Cl)c(Cl)c1. The van der Waals surface area contributed by atoms with Crippen LogP contribution in [0.3, 0.4) is 0 Å². The number of halogens is 2. The molecule has 1 unspecified atom stereocenters. The Balaban J connectivity index is 2.41. The molecule has 0 heterocycles. The molecule has 0 amide bonds. The lowest BCUT2D eigenvalue weighted by molar-refractivity contribution is 0.296. The molecular weight excluding hydrogens is 233 g/mol. The van der Waals surface area contributed by atoms with Crippen LogP contribution in [-0.2, 0) is 0 Å². The third-order valence-corrected chi connectivity index (χ3v) is 2.91. The summed E-state index contributed by atoms with van der Waals surface area (Å²) in [7, 11) is 0. The van der Waals surface area contributed by atoms with E-state index in [4.69, 9.17) is 33.7 Å². The number of hydrogen-bond acceptors (Lipinski definition) is 2. The van der Waals surface area contributed by atoms with Crippen LogP contribution in [0.4, 0.5) is 0 Å². The summed E-state index contributed by atoms with van der Waals surface area (Å²) in [5, 5.41) is 1.04. The summed E-state index contributed by atoms with van der Waals surface area (Å²) >= 11 is 11.6. The van der Waals surface area contributed by atoms with Crippen LogP contribution in [0.5, 0.6) is 5.75 Å². The summed E-state index contributed by atoms with van der Waals surface area (Å²) < 4.78 is 5.49. The second-order valence-electron chi connectivity index (χ2n) is 3.38. The van der Waals surface area contributed by atoms with Crippen molar-refractivity contribution in [2.75, 3.05) is 6.61 Å². The van der Waals surface area contributed by atoms with Crippen LogP contribution in [0.1, 0.15) is 19.8 Å². The average Bonchev–Trinajstić information content (AvgIpc) is 2.23. The topological polar surface area (TPSA) is 35.2 Å². The van der Waals surface area contributed by atoms with E-state index in [1.807, 2.05) is 0 Å². The van der Waals surface area contributed by atoms with Crippen LogP contribution < -0.4 is 10.5 Å². The van der Waals surface area contributed by atoms with Gasteiger partial charge in [0, 0.05) is 12.1 Å². The second kappa shape index (κ2) is 6.21. The van der Waals surface area contributed by atoms with Gasteiger partial charge in [-0.2, -0.15) is 0 Å². The highest BCUT2D eigenvalue weighted by Crippen LogP contribution is 2.26. The lowest BCUT2D eigenvalue weighted by Crippen LogP contribution is -2.21. The molecule has 2 nitrogen and oxygen atoms in total. The zero-order valence-corrected chi connectivity index (χ0v) is 10.2. The van der Waals surface area contributed by atoms with Crippen LogP contribution >= 0.6 is 23.2 Å². The van der Waals surface area contributed by atoms with Crippen molar-refractivity contribution in [3.05, 3.63) is 28.2 Å².